The molecule has 1 atom stereocenters. The molecule has 0 unspecified atom stereocenters. The monoisotopic (exact) mass is 254 g/mol. The van der Waals surface area contributed by atoms with Crippen LogP contribution in [0.15, 0.2) is 48.5 Å². The third kappa shape index (κ3) is 2.81. The highest BCUT2D eigenvalue weighted by Crippen LogP contribution is 2.38. The van der Waals surface area contributed by atoms with Crippen LogP contribution in [0.1, 0.15) is 50.3 Å². The van der Waals surface area contributed by atoms with Crippen LogP contribution in [0.25, 0.3) is 0 Å². The van der Waals surface area contributed by atoms with E-state index in [1.807, 2.05) is 36.4 Å². The minimum absolute atomic E-state index is 0.0451. The summed E-state index contributed by atoms with van der Waals surface area (Å²) in [6, 6.07) is 16.4. The lowest BCUT2D eigenvalue weighted by Crippen LogP contribution is -2.12. The summed E-state index contributed by atoms with van der Waals surface area (Å²) >= 11 is 0. The van der Waals surface area contributed by atoms with Crippen molar-refractivity contribution in [3.63, 3.8) is 0 Å². The Labute approximate surface area is 115 Å². The van der Waals surface area contributed by atoms with Crippen molar-refractivity contribution in [1.82, 2.24) is 0 Å². The molecule has 0 bridgehead atoms. The van der Waals surface area contributed by atoms with E-state index >= 15 is 0 Å². The number of hydrogen-bond donors (Lipinski definition) is 1. The zero-order valence-corrected chi connectivity index (χ0v) is 12.1. The second-order valence-electron chi connectivity index (χ2n) is 6.13. The fourth-order valence-electron chi connectivity index (χ4n) is 2.44. The van der Waals surface area contributed by atoms with Crippen molar-refractivity contribution in [2.45, 2.75) is 39.0 Å². The molecule has 0 saturated heterocycles. The summed E-state index contributed by atoms with van der Waals surface area (Å²) in [5.74, 6) is 0.634. The number of aromatic hydroxyl groups is 1. The predicted molar refractivity (Wildman–Crippen MR) is 80.8 cm³/mol. The number of phenolic OH excluding ortho intramolecular Hbond substituents is 1. The standard InChI is InChI=1S/C18H22O/c1-13(14-9-6-5-7-10-14)15-11-8-12-16(17(15)19)18(2,3)4/h5-13,19H,1-4H3/t13-/m0/s1. The molecular weight excluding hydrogens is 232 g/mol. The van der Waals surface area contributed by atoms with Crippen LogP contribution in [-0.2, 0) is 5.41 Å². The molecule has 0 aliphatic rings. The van der Waals surface area contributed by atoms with Crippen molar-refractivity contribution in [1.29, 1.82) is 0 Å². The average molecular weight is 254 g/mol. The first kappa shape index (κ1) is 13.7. The lowest BCUT2D eigenvalue weighted by molar-refractivity contribution is 0.438. The number of rotatable bonds is 2. The van der Waals surface area contributed by atoms with Crippen molar-refractivity contribution in [3.05, 3.63) is 65.2 Å². The van der Waals surface area contributed by atoms with Gasteiger partial charge in [-0.25, -0.2) is 0 Å². The Morgan fingerprint density at radius 3 is 2.11 bits per heavy atom. The molecular formula is C18H22O. The first-order valence-corrected chi connectivity index (χ1v) is 6.78. The van der Waals surface area contributed by atoms with Gasteiger partial charge in [-0.15, -0.1) is 0 Å². The quantitative estimate of drug-likeness (QED) is 0.813. The van der Waals surface area contributed by atoms with Gasteiger partial charge < -0.3 is 5.11 Å². The fraction of sp³-hybridized carbons (Fsp3) is 0.333. The smallest absolute Gasteiger partial charge is 0.123 e. The molecule has 1 nitrogen and oxygen atoms in total. The van der Waals surface area contributed by atoms with Gasteiger partial charge in [0.2, 0.25) is 0 Å². The molecule has 0 aliphatic carbocycles. The molecule has 0 aliphatic heterocycles. The molecule has 1 N–H and O–H groups in total. The van der Waals surface area contributed by atoms with E-state index in [2.05, 4.69) is 39.8 Å². The Bertz CT molecular complexity index is 550. The first-order valence-electron chi connectivity index (χ1n) is 6.78. The number of phenols is 1. The maximum Gasteiger partial charge on any atom is 0.123 e. The molecule has 1 heteroatoms. The average Bonchev–Trinajstić information content (AvgIpc) is 2.38. The van der Waals surface area contributed by atoms with Gasteiger partial charge in [-0.1, -0.05) is 76.2 Å². The summed E-state index contributed by atoms with van der Waals surface area (Å²) < 4.78 is 0. The van der Waals surface area contributed by atoms with Gasteiger partial charge in [0, 0.05) is 11.5 Å². The molecule has 0 amide bonds. The van der Waals surface area contributed by atoms with Crippen LogP contribution in [-0.4, -0.2) is 5.11 Å². The molecule has 0 heterocycles. The fourth-order valence-corrected chi connectivity index (χ4v) is 2.44. The van der Waals surface area contributed by atoms with Crippen molar-refractivity contribution >= 4 is 0 Å². The summed E-state index contributed by atoms with van der Waals surface area (Å²) in [6.45, 7) is 8.51. The zero-order chi connectivity index (χ0) is 14.0. The van der Waals surface area contributed by atoms with E-state index < -0.39 is 0 Å². The second kappa shape index (κ2) is 5.08. The van der Waals surface area contributed by atoms with Gasteiger partial charge in [-0.3, -0.25) is 0 Å². The lowest BCUT2D eigenvalue weighted by Gasteiger charge is -2.24. The molecule has 100 valence electrons. The van der Waals surface area contributed by atoms with Gasteiger partial charge in [-0.05, 0) is 16.5 Å². The van der Waals surface area contributed by atoms with Gasteiger partial charge in [0.05, 0.1) is 0 Å². The van der Waals surface area contributed by atoms with Gasteiger partial charge in [0.1, 0.15) is 5.75 Å². The van der Waals surface area contributed by atoms with Gasteiger partial charge >= 0.3 is 0 Å². The largest absolute Gasteiger partial charge is 0.507 e. The van der Waals surface area contributed by atoms with E-state index in [0.717, 1.165) is 11.1 Å². The normalized spacial score (nSPS) is 13.3. The predicted octanol–water partition coefficient (Wildman–Crippen LogP) is 4.84. The van der Waals surface area contributed by atoms with Gasteiger partial charge in [-0.2, -0.15) is 0 Å². The molecule has 0 fully saturated rings. The maximum atomic E-state index is 10.6. The Morgan fingerprint density at radius 2 is 1.53 bits per heavy atom. The van der Waals surface area contributed by atoms with Crippen LogP contribution >= 0.6 is 0 Å². The molecule has 2 aromatic carbocycles. The third-order valence-corrected chi connectivity index (χ3v) is 3.64. The third-order valence-electron chi connectivity index (χ3n) is 3.64. The summed E-state index contributed by atoms with van der Waals surface area (Å²) in [6.07, 6.45) is 0. The molecule has 0 radical (unpaired) electrons. The van der Waals surface area contributed by atoms with Crippen molar-refractivity contribution < 1.29 is 5.11 Å². The van der Waals surface area contributed by atoms with Crippen LogP contribution in [0.2, 0.25) is 0 Å². The minimum atomic E-state index is -0.0451. The lowest BCUT2D eigenvalue weighted by atomic mass is 9.82. The highest BCUT2D eigenvalue weighted by Gasteiger charge is 2.22. The topological polar surface area (TPSA) is 20.2 Å². The van der Waals surface area contributed by atoms with E-state index in [9.17, 15) is 5.11 Å². The summed E-state index contributed by atoms with van der Waals surface area (Å²) in [5.41, 5.74) is 3.19. The Balaban J connectivity index is 2.47. The highest BCUT2D eigenvalue weighted by molar-refractivity contribution is 5.48. The summed E-state index contributed by atoms with van der Waals surface area (Å²) in [7, 11) is 0. The molecule has 2 rings (SSSR count). The van der Waals surface area contributed by atoms with Crippen LogP contribution in [0.5, 0.6) is 5.75 Å². The number of benzene rings is 2. The van der Waals surface area contributed by atoms with Crippen molar-refractivity contribution in [2.24, 2.45) is 0 Å². The van der Waals surface area contributed by atoms with Crippen LogP contribution in [0, 0.1) is 0 Å². The second-order valence-corrected chi connectivity index (χ2v) is 6.13. The van der Waals surface area contributed by atoms with E-state index in [-0.39, 0.29) is 11.3 Å². The molecule has 2 aromatic rings. The van der Waals surface area contributed by atoms with Gasteiger partial charge in [0.25, 0.3) is 0 Å². The zero-order valence-electron chi connectivity index (χ0n) is 12.1. The van der Waals surface area contributed by atoms with E-state index in [0.29, 0.717) is 5.75 Å². The van der Waals surface area contributed by atoms with Gasteiger partial charge in [0.15, 0.2) is 0 Å². The number of hydrogen-bond acceptors (Lipinski definition) is 1. The van der Waals surface area contributed by atoms with Crippen LogP contribution < -0.4 is 0 Å². The van der Waals surface area contributed by atoms with E-state index in [1.54, 1.807) is 0 Å². The summed E-state index contributed by atoms with van der Waals surface area (Å²) in [5, 5.41) is 10.6. The summed E-state index contributed by atoms with van der Waals surface area (Å²) in [4.78, 5) is 0. The Kier molecular flexibility index (Phi) is 3.66. The molecule has 0 aromatic heterocycles. The number of para-hydroxylation sites is 1. The van der Waals surface area contributed by atoms with E-state index in [4.69, 9.17) is 0 Å². The van der Waals surface area contributed by atoms with Crippen LogP contribution in [0.3, 0.4) is 0 Å². The minimum Gasteiger partial charge on any atom is -0.507 e. The first-order chi connectivity index (χ1) is 8.91. The van der Waals surface area contributed by atoms with Crippen molar-refractivity contribution in [3.8, 4) is 5.75 Å². The Morgan fingerprint density at radius 1 is 0.895 bits per heavy atom. The van der Waals surface area contributed by atoms with Crippen LogP contribution in [0.4, 0.5) is 0 Å². The Hall–Kier alpha value is -1.76. The van der Waals surface area contributed by atoms with Crippen molar-refractivity contribution in [2.75, 3.05) is 0 Å². The SMILES string of the molecule is C[C@@H](c1ccccc1)c1cccc(C(C)(C)C)c1O. The molecule has 19 heavy (non-hydrogen) atoms. The highest BCUT2D eigenvalue weighted by atomic mass is 16.3. The molecule has 0 spiro atoms. The maximum absolute atomic E-state index is 10.6. The van der Waals surface area contributed by atoms with E-state index in [1.165, 1.54) is 5.56 Å². The molecule has 0 saturated carbocycles.